The molecule has 1 amide bonds. The fourth-order valence-electron chi connectivity index (χ4n) is 3.40. The first-order chi connectivity index (χ1) is 13.7. The summed E-state index contributed by atoms with van der Waals surface area (Å²) in [5, 5.41) is 3.02. The highest BCUT2D eigenvalue weighted by molar-refractivity contribution is 5.97. The molecule has 2 atom stereocenters. The van der Waals surface area contributed by atoms with Crippen LogP contribution in [0.5, 0.6) is 0 Å². The van der Waals surface area contributed by atoms with E-state index in [1.54, 1.807) is 6.92 Å². The minimum Gasteiger partial charge on any atom is -0.376 e. The Labute approximate surface area is 164 Å². The normalized spacial score (nSPS) is 18.1. The number of aromatic nitrogens is 2. The third kappa shape index (κ3) is 4.08. The number of benzene rings is 1. The summed E-state index contributed by atoms with van der Waals surface area (Å²) in [6.07, 6.45) is 4.63. The fourth-order valence-corrected chi connectivity index (χ4v) is 3.40. The number of hydrogen-bond donors (Lipinski definition) is 1. The van der Waals surface area contributed by atoms with Crippen LogP contribution in [0.3, 0.4) is 0 Å². The molecule has 1 fully saturated rings. The molecule has 0 radical (unpaired) electrons. The predicted molar refractivity (Wildman–Crippen MR) is 108 cm³/mol. The minimum atomic E-state index is -0.580. The number of ether oxygens (including phenoxy) is 2. The van der Waals surface area contributed by atoms with E-state index in [2.05, 4.69) is 5.32 Å². The Bertz CT molecular complexity index is 933. The first kappa shape index (κ1) is 18.7. The van der Waals surface area contributed by atoms with Crippen molar-refractivity contribution in [3.05, 3.63) is 54.7 Å². The molecule has 28 heavy (non-hydrogen) atoms. The number of nitrogens with one attached hydrogen (secondary N) is 1. The predicted octanol–water partition coefficient (Wildman–Crippen LogP) is 3.91. The van der Waals surface area contributed by atoms with Crippen LogP contribution in [0.15, 0.2) is 54.7 Å². The number of imidazole rings is 1. The number of nitrogens with zero attached hydrogens (tertiary/aromatic N) is 2. The highest BCUT2D eigenvalue weighted by atomic mass is 16.5. The van der Waals surface area contributed by atoms with E-state index in [-0.39, 0.29) is 12.0 Å². The molecule has 3 aromatic rings. The first-order valence-corrected chi connectivity index (χ1v) is 9.79. The van der Waals surface area contributed by atoms with Crippen molar-refractivity contribution in [2.24, 2.45) is 0 Å². The molecule has 6 nitrogen and oxygen atoms in total. The lowest BCUT2D eigenvalue weighted by Gasteiger charge is -2.24. The maximum absolute atomic E-state index is 12.8. The molecule has 1 saturated heterocycles. The number of carbonyl (C=O) groups is 1. The molecule has 2 unspecified atom stereocenters. The maximum Gasteiger partial charge on any atom is 0.254 e. The van der Waals surface area contributed by atoms with Gasteiger partial charge in [-0.15, -0.1) is 0 Å². The van der Waals surface area contributed by atoms with Crippen LogP contribution < -0.4 is 5.32 Å². The van der Waals surface area contributed by atoms with Crippen LogP contribution in [0.4, 0.5) is 5.82 Å². The van der Waals surface area contributed by atoms with Crippen molar-refractivity contribution in [2.45, 2.75) is 38.4 Å². The Morgan fingerprint density at radius 1 is 1.25 bits per heavy atom. The highest BCUT2D eigenvalue weighted by Crippen LogP contribution is 2.28. The number of anilines is 1. The molecular weight excluding hydrogens is 354 g/mol. The second-order valence-electron chi connectivity index (χ2n) is 7.06. The summed E-state index contributed by atoms with van der Waals surface area (Å²) in [5.41, 5.74) is 2.47. The highest BCUT2D eigenvalue weighted by Gasteiger charge is 2.22. The largest absolute Gasteiger partial charge is 0.376 e. The van der Waals surface area contributed by atoms with Gasteiger partial charge in [-0.25, -0.2) is 4.98 Å². The van der Waals surface area contributed by atoms with E-state index >= 15 is 0 Å². The van der Waals surface area contributed by atoms with E-state index < -0.39 is 6.10 Å². The monoisotopic (exact) mass is 379 g/mol. The molecule has 1 aliphatic heterocycles. The van der Waals surface area contributed by atoms with Crippen molar-refractivity contribution in [3.63, 3.8) is 0 Å². The van der Waals surface area contributed by atoms with E-state index in [9.17, 15) is 4.79 Å². The molecule has 0 spiro atoms. The molecule has 6 heteroatoms. The van der Waals surface area contributed by atoms with Crippen molar-refractivity contribution >= 4 is 17.4 Å². The number of fused-ring (bicyclic) bond motifs is 1. The average molecular weight is 379 g/mol. The van der Waals surface area contributed by atoms with Gasteiger partial charge in [0, 0.05) is 18.4 Å². The first-order valence-electron chi connectivity index (χ1n) is 9.79. The molecule has 4 rings (SSSR count). The van der Waals surface area contributed by atoms with Crippen molar-refractivity contribution in [3.8, 4) is 11.3 Å². The van der Waals surface area contributed by atoms with Gasteiger partial charge in [0.05, 0.1) is 12.7 Å². The fraction of sp³-hybridized carbons (Fsp3) is 0.364. The zero-order chi connectivity index (χ0) is 19.3. The van der Waals surface area contributed by atoms with Crippen LogP contribution >= 0.6 is 0 Å². The van der Waals surface area contributed by atoms with E-state index in [1.165, 1.54) is 0 Å². The standard InChI is InChI=1S/C22H25N3O3/c1-16(28-15-18-11-6-8-14-27-18)22(26)24-21-20(17-9-3-2-4-10-17)23-19-12-5-7-13-25(19)21/h2-5,7,9-10,12-13,16,18H,6,8,11,14-15H2,1H3,(H,24,26). The van der Waals surface area contributed by atoms with Crippen LogP contribution in [0, 0.1) is 0 Å². The number of hydrogen-bond acceptors (Lipinski definition) is 4. The summed E-state index contributed by atoms with van der Waals surface area (Å²) in [5.74, 6) is 0.454. The SMILES string of the molecule is CC(OCC1CCCCO1)C(=O)Nc1c(-c2ccccc2)nc2ccccn12. The van der Waals surface area contributed by atoms with E-state index in [1.807, 2.05) is 59.1 Å². The van der Waals surface area contributed by atoms with Crippen molar-refractivity contribution in [1.82, 2.24) is 9.38 Å². The molecule has 0 saturated carbocycles. The van der Waals surface area contributed by atoms with Crippen LogP contribution in [-0.4, -0.2) is 40.7 Å². The second kappa shape index (κ2) is 8.54. The van der Waals surface area contributed by atoms with E-state index in [0.717, 1.165) is 42.8 Å². The lowest BCUT2D eigenvalue weighted by molar-refractivity contribution is -0.130. The van der Waals surface area contributed by atoms with Crippen LogP contribution in [0.25, 0.3) is 16.9 Å². The summed E-state index contributed by atoms with van der Waals surface area (Å²) >= 11 is 0. The molecule has 1 aliphatic rings. The topological polar surface area (TPSA) is 64.9 Å². The third-order valence-electron chi connectivity index (χ3n) is 4.99. The zero-order valence-electron chi connectivity index (χ0n) is 16.0. The Hall–Kier alpha value is -2.70. The Kier molecular flexibility index (Phi) is 5.69. The van der Waals surface area contributed by atoms with Gasteiger partial charge in [-0.1, -0.05) is 36.4 Å². The summed E-state index contributed by atoms with van der Waals surface area (Å²) in [6, 6.07) is 15.6. The Morgan fingerprint density at radius 3 is 2.86 bits per heavy atom. The quantitative estimate of drug-likeness (QED) is 0.705. The van der Waals surface area contributed by atoms with Gasteiger partial charge < -0.3 is 14.8 Å². The molecule has 1 aromatic carbocycles. The van der Waals surface area contributed by atoms with Crippen LogP contribution in [-0.2, 0) is 14.3 Å². The smallest absolute Gasteiger partial charge is 0.254 e. The number of carbonyl (C=O) groups excluding carboxylic acids is 1. The Balaban J connectivity index is 1.52. The van der Waals surface area contributed by atoms with Crippen molar-refractivity contribution < 1.29 is 14.3 Å². The van der Waals surface area contributed by atoms with Gasteiger partial charge in [0.2, 0.25) is 0 Å². The zero-order valence-corrected chi connectivity index (χ0v) is 16.0. The van der Waals surface area contributed by atoms with Gasteiger partial charge in [0.15, 0.2) is 0 Å². The van der Waals surface area contributed by atoms with Gasteiger partial charge in [-0.2, -0.15) is 0 Å². The summed E-state index contributed by atoms with van der Waals surface area (Å²) < 4.78 is 13.3. The lowest BCUT2D eigenvalue weighted by atomic mass is 10.1. The van der Waals surface area contributed by atoms with Gasteiger partial charge >= 0.3 is 0 Å². The van der Waals surface area contributed by atoms with Gasteiger partial charge in [0.25, 0.3) is 5.91 Å². The summed E-state index contributed by atoms with van der Waals surface area (Å²) in [6.45, 7) is 2.98. The average Bonchev–Trinajstić information content (AvgIpc) is 3.12. The molecule has 146 valence electrons. The summed E-state index contributed by atoms with van der Waals surface area (Å²) in [4.78, 5) is 17.5. The molecular formula is C22H25N3O3. The van der Waals surface area contributed by atoms with Crippen LogP contribution in [0.2, 0.25) is 0 Å². The molecule has 0 bridgehead atoms. The van der Waals surface area contributed by atoms with Gasteiger partial charge in [-0.3, -0.25) is 9.20 Å². The van der Waals surface area contributed by atoms with Crippen molar-refractivity contribution in [1.29, 1.82) is 0 Å². The number of pyridine rings is 1. The number of amides is 1. The maximum atomic E-state index is 12.8. The van der Waals surface area contributed by atoms with Crippen LogP contribution in [0.1, 0.15) is 26.2 Å². The molecule has 0 aliphatic carbocycles. The van der Waals surface area contributed by atoms with E-state index in [4.69, 9.17) is 14.5 Å². The third-order valence-corrected chi connectivity index (χ3v) is 4.99. The number of rotatable bonds is 6. The molecule has 2 aromatic heterocycles. The Morgan fingerprint density at radius 2 is 2.07 bits per heavy atom. The van der Waals surface area contributed by atoms with Crippen molar-refractivity contribution in [2.75, 3.05) is 18.5 Å². The minimum absolute atomic E-state index is 0.0830. The molecule has 1 N–H and O–H groups in total. The summed E-state index contributed by atoms with van der Waals surface area (Å²) in [7, 11) is 0. The van der Waals surface area contributed by atoms with Gasteiger partial charge in [-0.05, 0) is 38.3 Å². The van der Waals surface area contributed by atoms with Gasteiger partial charge in [0.1, 0.15) is 23.3 Å². The van der Waals surface area contributed by atoms with E-state index in [0.29, 0.717) is 12.4 Å². The lowest BCUT2D eigenvalue weighted by Crippen LogP contribution is -2.33. The second-order valence-corrected chi connectivity index (χ2v) is 7.06. The molecule has 3 heterocycles.